The van der Waals surface area contributed by atoms with Crippen LogP contribution in [0.25, 0.3) is 0 Å². The van der Waals surface area contributed by atoms with Crippen molar-refractivity contribution >= 4 is 11.7 Å². The molecule has 0 saturated carbocycles. The van der Waals surface area contributed by atoms with Crippen LogP contribution in [0.4, 0.5) is 10.5 Å². The first-order chi connectivity index (χ1) is 9.46. The average molecular weight is 279 g/mol. The van der Waals surface area contributed by atoms with E-state index >= 15 is 0 Å². The lowest BCUT2D eigenvalue weighted by molar-refractivity contribution is 0.151. The first-order valence-electron chi connectivity index (χ1n) is 6.79. The molecule has 5 nitrogen and oxygen atoms in total. The molecule has 0 atom stereocenters. The third-order valence-electron chi connectivity index (χ3n) is 3.13. The average Bonchev–Trinajstić information content (AvgIpc) is 2.43. The lowest BCUT2D eigenvalue weighted by Crippen LogP contribution is -2.37. The van der Waals surface area contributed by atoms with Crippen molar-refractivity contribution in [1.82, 2.24) is 5.32 Å². The number of hydrogen-bond acceptors (Lipinski definition) is 3. The Balaban J connectivity index is 2.43. The predicted molar refractivity (Wildman–Crippen MR) is 81.6 cm³/mol. The molecule has 0 aliphatic carbocycles. The quantitative estimate of drug-likeness (QED) is 0.717. The fraction of sp³-hybridized carbons (Fsp3) is 0.533. The number of methoxy groups -OCH3 is 1. The zero-order chi connectivity index (χ0) is 15.0. The second-order valence-electron chi connectivity index (χ2n) is 5.62. The fourth-order valence-electron chi connectivity index (χ4n) is 1.74. The molecule has 112 valence electrons. The highest BCUT2D eigenvalue weighted by molar-refractivity contribution is 5.89. The molecule has 1 aromatic carbocycles. The number of nitrogens with two attached hydrogens (primary N) is 1. The molecule has 0 aliphatic rings. The number of carbonyl (C=O) groups excluding carboxylic acids is 1. The summed E-state index contributed by atoms with van der Waals surface area (Å²) in [6, 6.07) is 7.31. The van der Waals surface area contributed by atoms with Gasteiger partial charge in [-0.2, -0.15) is 0 Å². The Morgan fingerprint density at radius 3 is 2.80 bits per heavy atom. The molecular formula is C15H25N3O2. The van der Waals surface area contributed by atoms with Gasteiger partial charge in [-0.1, -0.05) is 26.0 Å². The normalized spacial score (nSPS) is 11.2. The maximum atomic E-state index is 11.8. The molecule has 0 aliphatic heterocycles. The molecule has 0 spiro atoms. The van der Waals surface area contributed by atoms with E-state index in [4.69, 9.17) is 10.5 Å². The maximum Gasteiger partial charge on any atom is 0.319 e. The van der Waals surface area contributed by atoms with Crippen LogP contribution in [0.2, 0.25) is 0 Å². The second kappa shape index (κ2) is 7.87. The number of amides is 2. The van der Waals surface area contributed by atoms with E-state index in [-0.39, 0.29) is 11.4 Å². The van der Waals surface area contributed by atoms with E-state index in [9.17, 15) is 4.79 Å². The molecule has 1 aromatic rings. The summed E-state index contributed by atoms with van der Waals surface area (Å²) in [7, 11) is 1.68. The first kappa shape index (κ1) is 16.5. The minimum Gasteiger partial charge on any atom is -0.385 e. The van der Waals surface area contributed by atoms with E-state index in [1.165, 1.54) is 0 Å². The second-order valence-corrected chi connectivity index (χ2v) is 5.62. The molecule has 0 unspecified atom stereocenters. The summed E-state index contributed by atoms with van der Waals surface area (Å²) < 4.78 is 5.07. The molecule has 20 heavy (non-hydrogen) atoms. The number of anilines is 1. The molecule has 0 bridgehead atoms. The Hall–Kier alpha value is -1.59. The molecule has 0 saturated heterocycles. The van der Waals surface area contributed by atoms with Crippen LogP contribution in [0.1, 0.15) is 25.8 Å². The van der Waals surface area contributed by atoms with Crippen LogP contribution < -0.4 is 16.4 Å². The number of carbonyl (C=O) groups is 1. The van der Waals surface area contributed by atoms with Gasteiger partial charge in [0.05, 0.1) is 0 Å². The van der Waals surface area contributed by atoms with Gasteiger partial charge in [0.15, 0.2) is 0 Å². The highest BCUT2D eigenvalue weighted by Crippen LogP contribution is 2.18. The molecule has 0 heterocycles. The zero-order valence-electron chi connectivity index (χ0n) is 12.5. The minimum atomic E-state index is -0.204. The fourth-order valence-corrected chi connectivity index (χ4v) is 1.74. The lowest BCUT2D eigenvalue weighted by atomic mass is 9.90. The van der Waals surface area contributed by atoms with Crippen molar-refractivity contribution in [2.24, 2.45) is 11.1 Å². The largest absolute Gasteiger partial charge is 0.385 e. The van der Waals surface area contributed by atoms with Gasteiger partial charge in [0.1, 0.15) is 0 Å². The van der Waals surface area contributed by atoms with Crippen LogP contribution in [-0.4, -0.2) is 26.3 Å². The summed E-state index contributed by atoms with van der Waals surface area (Å²) >= 11 is 0. The van der Waals surface area contributed by atoms with E-state index in [0.29, 0.717) is 19.7 Å². The maximum absolute atomic E-state index is 11.8. The van der Waals surface area contributed by atoms with E-state index < -0.39 is 0 Å². The van der Waals surface area contributed by atoms with Crippen LogP contribution >= 0.6 is 0 Å². The van der Waals surface area contributed by atoms with Crippen molar-refractivity contribution < 1.29 is 9.53 Å². The van der Waals surface area contributed by atoms with Crippen LogP contribution in [0.3, 0.4) is 0 Å². The van der Waals surface area contributed by atoms with Crippen molar-refractivity contribution in [3.8, 4) is 0 Å². The van der Waals surface area contributed by atoms with Crippen molar-refractivity contribution in [3.05, 3.63) is 29.8 Å². The number of nitrogens with one attached hydrogen (secondary N) is 2. The molecular weight excluding hydrogens is 254 g/mol. The molecule has 1 rings (SSSR count). The van der Waals surface area contributed by atoms with E-state index in [1.807, 2.05) is 24.3 Å². The summed E-state index contributed by atoms with van der Waals surface area (Å²) in [4.78, 5) is 11.8. The van der Waals surface area contributed by atoms with Crippen LogP contribution in [0, 0.1) is 5.41 Å². The topological polar surface area (TPSA) is 76.4 Å². The minimum absolute atomic E-state index is 0.00641. The molecule has 4 N–H and O–H groups in total. The standard InChI is InChI=1S/C15H25N3O2/c1-15(2,7-8-20-3)11-17-14(19)18-13-6-4-5-12(9-13)10-16/h4-6,9H,7-8,10-11,16H2,1-3H3,(H2,17,18,19). The summed E-state index contributed by atoms with van der Waals surface area (Å²) in [5.41, 5.74) is 7.32. The van der Waals surface area contributed by atoms with Gasteiger partial charge in [0.2, 0.25) is 0 Å². The van der Waals surface area contributed by atoms with E-state index in [0.717, 1.165) is 17.7 Å². The van der Waals surface area contributed by atoms with Crippen molar-refractivity contribution in [3.63, 3.8) is 0 Å². The van der Waals surface area contributed by atoms with Gasteiger partial charge < -0.3 is 21.1 Å². The van der Waals surface area contributed by atoms with Gasteiger partial charge in [-0.25, -0.2) is 4.79 Å². The smallest absolute Gasteiger partial charge is 0.319 e. The highest BCUT2D eigenvalue weighted by atomic mass is 16.5. The molecule has 5 heteroatoms. The summed E-state index contributed by atoms with van der Waals surface area (Å²) in [5.74, 6) is 0. The predicted octanol–water partition coefficient (Wildman–Crippen LogP) is 2.33. The first-order valence-corrected chi connectivity index (χ1v) is 6.79. The summed E-state index contributed by atoms with van der Waals surface area (Å²) in [6.45, 7) is 5.94. The Labute approximate surface area is 120 Å². The SMILES string of the molecule is COCCC(C)(C)CNC(=O)Nc1cccc(CN)c1. The monoisotopic (exact) mass is 279 g/mol. The zero-order valence-corrected chi connectivity index (χ0v) is 12.5. The van der Waals surface area contributed by atoms with Gasteiger partial charge in [-0.15, -0.1) is 0 Å². The molecule has 2 amide bonds. The van der Waals surface area contributed by atoms with Crippen LogP contribution in [0.15, 0.2) is 24.3 Å². The van der Waals surface area contributed by atoms with Crippen molar-refractivity contribution in [1.29, 1.82) is 0 Å². The number of urea groups is 1. The van der Waals surface area contributed by atoms with Crippen LogP contribution in [0.5, 0.6) is 0 Å². The summed E-state index contributed by atoms with van der Waals surface area (Å²) in [6.07, 6.45) is 0.895. The number of benzene rings is 1. The highest BCUT2D eigenvalue weighted by Gasteiger charge is 2.18. The molecule has 0 radical (unpaired) electrons. The van der Waals surface area contributed by atoms with Crippen LogP contribution in [-0.2, 0) is 11.3 Å². The van der Waals surface area contributed by atoms with Gasteiger partial charge >= 0.3 is 6.03 Å². The van der Waals surface area contributed by atoms with Gasteiger partial charge in [0, 0.05) is 32.5 Å². The number of ether oxygens (including phenoxy) is 1. The molecule has 0 fully saturated rings. The van der Waals surface area contributed by atoms with Crippen molar-refractivity contribution in [2.75, 3.05) is 25.6 Å². The van der Waals surface area contributed by atoms with E-state index in [1.54, 1.807) is 7.11 Å². The Morgan fingerprint density at radius 2 is 2.15 bits per heavy atom. The Morgan fingerprint density at radius 1 is 1.40 bits per heavy atom. The van der Waals surface area contributed by atoms with Gasteiger partial charge in [-0.3, -0.25) is 0 Å². The van der Waals surface area contributed by atoms with Gasteiger partial charge in [0.25, 0.3) is 0 Å². The lowest BCUT2D eigenvalue weighted by Gasteiger charge is -2.24. The number of rotatable bonds is 7. The van der Waals surface area contributed by atoms with E-state index in [2.05, 4.69) is 24.5 Å². The summed E-state index contributed by atoms with van der Waals surface area (Å²) in [5, 5.41) is 5.69. The Bertz CT molecular complexity index is 433. The number of hydrogen-bond donors (Lipinski definition) is 3. The van der Waals surface area contributed by atoms with Gasteiger partial charge in [-0.05, 0) is 29.5 Å². The molecule has 0 aromatic heterocycles. The van der Waals surface area contributed by atoms with Crippen molar-refractivity contribution in [2.45, 2.75) is 26.8 Å². The Kier molecular flexibility index (Phi) is 6.48. The third-order valence-corrected chi connectivity index (χ3v) is 3.13. The third kappa shape index (κ3) is 6.04.